The number of aromatic nitrogens is 2. The summed E-state index contributed by atoms with van der Waals surface area (Å²) in [6.45, 7) is 8.07. The summed E-state index contributed by atoms with van der Waals surface area (Å²) in [5.41, 5.74) is 0.930. The van der Waals surface area contributed by atoms with E-state index in [0.717, 1.165) is 18.6 Å². The Morgan fingerprint density at radius 3 is 2.60 bits per heavy atom. The minimum atomic E-state index is -0.703. The molecule has 30 heavy (non-hydrogen) atoms. The third kappa shape index (κ3) is 4.56. The number of fused-ring (bicyclic) bond motifs is 1. The summed E-state index contributed by atoms with van der Waals surface area (Å²) in [6, 6.07) is 5.11. The molecule has 0 aliphatic rings. The number of halogens is 3. The number of ether oxygens (including phenoxy) is 1. The number of aryl methyl sites for hydroxylation is 1. The third-order valence-corrected chi connectivity index (χ3v) is 5.37. The zero-order chi connectivity index (χ0) is 22.1. The topological polar surface area (TPSA) is 55.6 Å². The van der Waals surface area contributed by atoms with Gasteiger partial charge in [-0.2, -0.15) is 0 Å². The smallest absolute Gasteiger partial charge is 0.270 e. The normalized spacial score (nSPS) is 11.7. The van der Waals surface area contributed by atoms with Gasteiger partial charge < -0.3 is 10.1 Å². The molecule has 0 radical (unpaired) electrons. The van der Waals surface area contributed by atoms with Crippen LogP contribution in [0.1, 0.15) is 48.9 Å². The van der Waals surface area contributed by atoms with Gasteiger partial charge in [-0.25, -0.2) is 13.8 Å². The number of nitrogens with zero attached hydrogens (tertiary/aromatic N) is 2. The van der Waals surface area contributed by atoms with Crippen LogP contribution in [0.4, 0.5) is 8.78 Å². The van der Waals surface area contributed by atoms with Crippen molar-refractivity contribution in [1.82, 2.24) is 14.7 Å². The molecule has 0 spiro atoms. The molecule has 0 aliphatic carbocycles. The number of carbonyl (C=O) groups excluding carboxylic acids is 1. The van der Waals surface area contributed by atoms with E-state index in [1.165, 1.54) is 12.1 Å². The number of nitrogens with one attached hydrogen (secondary N) is 1. The molecule has 2 heterocycles. The molecule has 0 unspecified atom stereocenters. The van der Waals surface area contributed by atoms with Crippen LogP contribution in [0, 0.1) is 24.0 Å². The molecule has 0 saturated heterocycles. The predicted molar refractivity (Wildman–Crippen MR) is 112 cm³/mol. The maximum absolute atomic E-state index is 13.9. The van der Waals surface area contributed by atoms with Gasteiger partial charge in [0.2, 0.25) is 0 Å². The lowest BCUT2D eigenvalue weighted by Crippen LogP contribution is -2.34. The lowest BCUT2D eigenvalue weighted by Gasteiger charge is -2.22. The van der Waals surface area contributed by atoms with Crippen molar-refractivity contribution in [2.75, 3.05) is 6.54 Å². The lowest BCUT2D eigenvalue weighted by atomic mass is 9.90. The van der Waals surface area contributed by atoms with E-state index in [1.807, 2.05) is 0 Å². The first kappa shape index (κ1) is 22.0. The van der Waals surface area contributed by atoms with Crippen LogP contribution in [0.5, 0.6) is 5.75 Å². The van der Waals surface area contributed by atoms with Gasteiger partial charge in [-0.15, -0.1) is 0 Å². The Labute approximate surface area is 179 Å². The SMILES string of the molecule is CCC(C)(C)CNC(=O)c1c(C)nc2c(OCc3c(F)cccc3F)cc(Cl)cn12. The van der Waals surface area contributed by atoms with Gasteiger partial charge in [-0.05, 0) is 30.9 Å². The molecule has 0 fully saturated rings. The zero-order valence-corrected chi connectivity index (χ0v) is 18.1. The Hall–Kier alpha value is -2.67. The quantitative estimate of drug-likeness (QED) is 0.546. The number of hydrogen-bond donors (Lipinski definition) is 1. The molecule has 160 valence electrons. The highest BCUT2D eigenvalue weighted by atomic mass is 35.5. The van der Waals surface area contributed by atoms with Gasteiger partial charge in [0.05, 0.1) is 16.3 Å². The van der Waals surface area contributed by atoms with Crippen molar-refractivity contribution < 1.29 is 18.3 Å². The van der Waals surface area contributed by atoms with E-state index in [1.54, 1.807) is 17.5 Å². The average Bonchev–Trinajstić information content (AvgIpc) is 3.01. The number of hydrogen-bond acceptors (Lipinski definition) is 3. The summed E-state index contributed by atoms with van der Waals surface area (Å²) in [4.78, 5) is 17.3. The number of imidazole rings is 1. The number of pyridine rings is 1. The fourth-order valence-corrected chi connectivity index (χ4v) is 3.12. The minimum Gasteiger partial charge on any atom is -0.485 e. The van der Waals surface area contributed by atoms with Gasteiger partial charge in [0, 0.05) is 18.8 Å². The van der Waals surface area contributed by atoms with E-state index in [9.17, 15) is 13.6 Å². The Morgan fingerprint density at radius 2 is 1.97 bits per heavy atom. The average molecular weight is 436 g/mol. The van der Waals surface area contributed by atoms with Crippen LogP contribution in [0.25, 0.3) is 5.65 Å². The summed E-state index contributed by atoms with van der Waals surface area (Å²) in [7, 11) is 0. The second-order valence-electron chi connectivity index (χ2n) is 7.95. The van der Waals surface area contributed by atoms with Crippen LogP contribution in [0.2, 0.25) is 5.02 Å². The van der Waals surface area contributed by atoms with Gasteiger partial charge in [0.1, 0.15) is 23.9 Å². The maximum atomic E-state index is 13.9. The van der Waals surface area contributed by atoms with E-state index in [0.29, 0.717) is 28.6 Å². The van der Waals surface area contributed by atoms with E-state index in [-0.39, 0.29) is 29.2 Å². The Morgan fingerprint density at radius 1 is 1.30 bits per heavy atom. The van der Waals surface area contributed by atoms with Crippen LogP contribution in [-0.2, 0) is 6.61 Å². The van der Waals surface area contributed by atoms with E-state index >= 15 is 0 Å². The van der Waals surface area contributed by atoms with Crippen LogP contribution >= 0.6 is 11.6 Å². The lowest BCUT2D eigenvalue weighted by molar-refractivity contribution is 0.0929. The number of benzene rings is 1. The second-order valence-corrected chi connectivity index (χ2v) is 8.39. The van der Waals surface area contributed by atoms with Crippen molar-refractivity contribution in [2.45, 2.75) is 40.7 Å². The standard InChI is InChI=1S/C22H24ClF2N3O2/c1-5-22(3,4)12-26-21(29)19-13(2)27-20-18(9-14(23)10-28(19)20)30-11-15-16(24)7-6-8-17(15)25/h6-10H,5,11-12H2,1-4H3,(H,26,29). The highest BCUT2D eigenvalue weighted by Crippen LogP contribution is 2.28. The largest absolute Gasteiger partial charge is 0.485 e. The molecule has 1 N–H and O–H groups in total. The third-order valence-electron chi connectivity index (χ3n) is 5.16. The molecule has 5 nitrogen and oxygen atoms in total. The monoisotopic (exact) mass is 435 g/mol. The van der Waals surface area contributed by atoms with Gasteiger partial charge >= 0.3 is 0 Å². The first-order valence-electron chi connectivity index (χ1n) is 9.65. The Kier molecular flexibility index (Phi) is 6.31. The van der Waals surface area contributed by atoms with Gasteiger partial charge in [0.25, 0.3) is 5.91 Å². The molecular weight excluding hydrogens is 412 g/mol. The molecule has 2 aromatic heterocycles. The summed E-state index contributed by atoms with van der Waals surface area (Å²) in [5.74, 6) is -1.46. The number of carbonyl (C=O) groups is 1. The van der Waals surface area contributed by atoms with Crippen LogP contribution < -0.4 is 10.1 Å². The van der Waals surface area contributed by atoms with Crippen molar-refractivity contribution >= 4 is 23.2 Å². The van der Waals surface area contributed by atoms with Crippen molar-refractivity contribution in [3.05, 3.63) is 64.1 Å². The molecule has 0 aliphatic heterocycles. The summed E-state index contributed by atoms with van der Waals surface area (Å²) in [6.07, 6.45) is 2.48. The molecule has 1 aromatic carbocycles. The van der Waals surface area contributed by atoms with E-state index in [2.05, 4.69) is 31.1 Å². The minimum absolute atomic E-state index is 0.0419. The van der Waals surface area contributed by atoms with Gasteiger partial charge in [0.15, 0.2) is 11.4 Å². The van der Waals surface area contributed by atoms with Crippen LogP contribution in [-0.4, -0.2) is 21.8 Å². The molecule has 8 heteroatoms. The fraction of sp³-hybridized carbons (Fsp3) is 0.364. The van der Waals surface area contributed by atoms with Gasteiger partial charge in [-0.1, -0.05) is 38.4 Å². The summed E-state index contributed by atoms with van der Waals surface area (Å²) < 4.78 is 35.0. The maximum Gasteiger partial charge on any atom is 0.270 e. The van der Waals surface area contributed by atoms with Crippen molar-refractivity contribution in [3.63, 3.8) is 0 Å². The number of rotatable bonds is 7. The fourth-order valence-electron chi connectivity index (χ4n) is 2.92. The highest BCUT2D eigenvalue weighted by Gasteiger charge is 2.23. The first-order valence-corrected chi connectivity index (χ1v) is 10.0. The van der Waals surface area contributed by atoms with Crippen molar-refractivity contribution in [1.29, 1.82) is 0 Å². The Balaban J connectivity index is 1.93. The van der Waals surface area contributed by atoms with Gasteiger partial charge in [-0.3, -0.25) is 9.20 Å². The molecule has 1 amide bonds. The predicted octanol–water partition coefficient (Wildman–Crippen LogP) is 5.32. The molecule has 3 aromatic rings. The molecule has 0 atom stereocenters. The number of amides is 1. The van der Waals surface area contributed by atoms with Crippen molar-refractivity contribution in [2.24, 2.45) is 5.41 Å². The molecular formula is C22H24ClF2N3O2. The highest BCUT2D eigenvalue weighted by molar-refractivity contribution is 6.30. The Bertz CT molecular complexity index is 1080. The molecule has 0 saturated carbocycles. The molecule has 3 rings (SSSR count). The summed E-state index contributed by atoms with van der Waals surface area (Å²) in [5, 5.41) is 3.24. The summed E-state index contributed by atoms with van der Waals surface area (Å²) >= 11 is 6.22. The van der Waals surface area contributed by atoms with Crippen molar-refractivity contribution in [3.8, 4) is 5.75 Å². The molecule has 0 bridgehead atoms. The first-order chi connectivity index (χ1) is 14.1. The van der Waals surface area contributed by atoms with Crippen LogP contribution in [0.15, 0.2) is 30.5 Å². The van der Waals surface area contributed by atoms with Crippen LogP contribution in [0.3, 0.4) is 0 Å². The second kappa shape index (κ2) is 8.60. The van der Waals surface area contributed by atoms with E-state index in [4.69, 9.17) is 16.3 Å². The van der Waals surface area contributed by atoms with E-state index < -0.39 is 11.6 Å². The zero-order valence-electron chi connectivity index (χ0n) is 17.4.